The molecule has 0 aliphatic carbocycles. The van der Waals surface area contributed by atoms with Crippen molar-refractivity contribution < 1.29 is 13.6 Å². The molecule has 0 bridgehead atoms. The van der Waals surface area contributed by atoms with Gasteiger partial charge in [0.05, 0.1) is 12.1 Å². The molecule has 0 atom stereocenters. The van der Waals surface area contributed by atoms with Crippen LogP contribution in [0, 0.1) is 11.6 Å². The Morgan fingerprint density at radius 3 is 2.58 bits per heavy atom. The Kier molecular flexibility index (Phi) is 4.52. The minimum atomic E-state index is -0.976. The van der Waals surface area contributed by atoms with Crippen LogP contribution in [0.25, 0.3) is 10.4 Å². The first-order chi connectivity index (χ1) is 11.5. The van der Waals surface area contributed by atoms with Gasteiger partial charge in [0, 0.05) is 17.3 Å². The molecule has 0 saturated carbocycles. The molecule has 3 N–H and O–H groups in total. The third-order valence-electron chi connectivity index (χ3n) is 3.33. The molecule has 0 fully saturated rings. The summed E-state index contributed by atoms with van der Waals surface area (Å²) in [7, 11) is 0. The maximum Gasteiger partial charge on any atom is 0.229 e. The number of rotatable bonds is 4. The van der Waals surface area contributed by atoms with E-state index in [1.54, 1.807) is 18.5 Å². The summed E-state index contributed by atoms with van der Waals surface area (Å²) in [5.74, 6) is -2.27. The van der Waals surface area contributed by atoms with Crippen LogP contribution in [0.2, 0.25) is 0 Å². The first-order valence-corrected chi connectivity index (χ1v) is 7.88. The molecule has 0 spiro atoms. The van der Waals surface area contributed by atoms with Crippen LogP contribution in [0.15, 0.2) is 48.8 Å². The van der Waals surface area contributed by atoms with E-state index in [2.05, 4.69) is 10.3 Å². The zero-order chi connectivity index (χ0) is 17.1. The molecule has 0 aliphatic rings. The van der Waals surface area contributed by atoms with Crippen molar-refractivity contribution in [1.82, 2.24) is 4.98 Å². The number of pyridine rings is 1. The smallest absolute Gasteiger partial charge is 0.229 e. The number of hydrogen-bond donors (Lipinski definition) is 2. The number of halogens is 2. The third kappa shape index (κ3) is 3.57. The van der Waals surface area contributed by atoms with Crippen LogP contribution in [-0.4, -0.2) is 10.9 Å². The van der Waals surface area contributed by atoms with Crippen LogP contribution < -0.4 is 11.1 Å². The second-order valence-corrected chi connectivity index (χ2v) is 6.16. The zero-order valence-corrected chi connectivity index (χ0v) is 13.2. The van der Waals surface area contributed by atoms with E-state index >= 15 is 0 Å². The van der Waals surface area contributed by atoms with Crippen LogP contribution in [0.1, 0.15) is 5.56 Å². The van der Waals surface area contributed by atoms with Gasteiger partial charge >= 0.3 is 0 Å². The highest BCUT2D eigenvalue weighted by molar-refractivity contribution is 7.20. The van der Waals surface area contributed by atoms with E-state index in [0.717, 1.165) is 22.6 Å². The van der Waals surface area contributed by atoms with E-state index in [-0.39, 0.29) is 12.3 Å². The number of benzene rings is 1. The van der Waals surface area contributed by atoms with E-state index in [1.165, 1.54) is 17.4 Å². The Hall–Kier alpha value is -2.80. The molecule has 1 amide bonds. The second-order valence-electron chi connectivity index (χ2n) is 5.10. The maximum absolute atomic E-state index is 13.2. The van der Waals surface area contributed by atoms with E-state index < -0.39 is 11.6 Å². The van der Waals surface area contributed by atoms with E-state index in [4.69, 9.17) is 5.73 Å². The molecule has 24 heavy (non-hydrogen) atoms. The fraction of sp³-hybridized carbons (Fsp3) is 0.0588. The van der Waals surface area contributed by atoms with Crippen molar-refractivity contribution in [2.24, 2.45) is 0 Å². The van der Waals surface area contributed by atoms with Crippen LogP contribution in [-0.2, 0) is 11.2 Å². The number of nitrogens with one attached hydrogen (secondary N) is 1. The Labute approximate surface area is 141 Å². The standard InChI is InChI=1S/C17H13F2N3OS/c18-12-2-1-10(7-13(12)19)8-16(23)22-17-14(20)9-15(24-17)11-3-5-21-6-4-11/h1-7,9H,8,20H2,(H,22,23). The van der Waals surface area contributed by atoms with Crippen molar-refractivity contribution in [2.75, 3.05) is 11.1 Å². The zero-order valence-electron chi connectivity index (χ0n) is 12.4. The average Bonchev–Trinajstić information content (AvgIpc) is 2.93. The van der Waals surface area contributed by atoms with Crippen LogP contribution in [0.4, 0.5) is 19.5 Å². The van der Waals surface area contributed by atoms with Crippen LogP contribution in [0.3, 0.4) is 0 Å². The third-order valence-corrected chi connectivity index (χ3v) is 4.44. The van der Waals surface area contributed by atoms with Crippen LogP contribution in [0.5, 0.6) is 0 Å². The Bertz CT molecular complexity index is 881. The highest BCUT2D eigenvalue weighted by Gasteiger charge is 2.12. The number of nitrogens with two attached hydrogens (primary N) is 1. The van der Waals surface area contributed by atoms with Gasteiger partial charge in [-0.2, -0.15) is 0 Å². The Morgan fingerprint density at radius 2 is 1.88 bits per heavy atom. The molecule has 3 aromatic rings. The molecular weight excluding hydrogens is 332 g/mol. The van der Waals surface area contributed by atoms with E-state index in [0.29, 0.717) is 16.3 Å². The van der Waals surface area contributed by atoms with Crippen molar-refractivity contribution in [3.8, 4) is 10.4 Å². The van der Waals surface area contributed by atoms with Gasteiger partial charge in [-0.15, -0.1) is 11.3 Å². The number of amides is 1. The molecule has 0 aliphatic heterocycles. The number of anilines is 2. The van der Waals surface area contributed by atoms with Gasteiger partial charge in [-0.25, -0.2) is 8.78 Å². The molecule has 4 nitrogen and oxygen atoms in total. The molecule has 1 aromatic carbocycles. The molecule has 7 heteroatoms. The minimum Gasteiger partial charge on any atom is -0.396 e. The lowest BCUT2D eigenvalue weighted by Gasteiger charge is -2.04. The second kappa shape index (κ2) is 6.76. The predicted octanol–water partition coefficient (Wildman–Crippen LogP) is 3.85. The highest BCUT2D eigenvalue weighted by atomic mass is 32.1. The van der Waals surface area contributed by atoms with Gasteiger partial charge in [0.25, 0.3) is 0 Å². The Morgan fingerprint density at radius 1 is 1.12 bits per heavy atom. The number of nitrogen functional groups attached to an aromatic ring is 1. The number of hydrogen-bond acceptors (Lipinski definition) is 4. The molecule has 0 radical (unpaired) electrons. The van der Waals surface area contributed by atoms with Crippen molar-refractivity contribution in [3.05, 3.63) is 66.0 Å². The first kappa shape index (κ1) is 16.1. The summed E-state index contributed by atoms with van der Waals surface area (Å²) in [6.45, 7) is 0. The maximum atomic E-state index is 13.2. The molecule has 3 rings (SSSR count). The van der Waals surface area contributed by atoms with Gasteiger partial charge < -0.3 is 11.1 Å². The lowest BCUT2D eigenvalue weighted by atomic mass is 10.1. The van der Waals surface area contributed by atoms with Gasteiger partial charge in [-0.3, -0.25) is 9.78 Å². The normalized spacial score (nSPS) is 10.6. The fourth-order valence-corrected chi connectivity index (χ4v) is 3.17. The molecule has 0 unspecified atom stereocenters. The monoisotopic (exact) mass is 345 g/mol. The first-order valence-electron chi connectivity index (χ1n) is 7.06. The number of nitrogens with zero attached hydrogens (tertiary/aromatic N) is 1. The number of thiophene rings is 1. The van der Waals surface area contributed by atoms with Gasteiger partial charge in [0.2, 0.25) is 5.91 Å². The highest BCUT2D eigenvalue weighted by Crippen LogP contribution is 2.37. The van der Waals surface area contributed by atoms with Gasteiger partial charge in [0.1, 0.15) is 5.00 Å². The van der Waals surface area contributed by atoms with Crippen molar-refractivity contribution in [2.45, 2.75) is 6.42 Å². The van der Waals surface area contributed by atoms with Crippen LogP contribution >= 0.6 is 11.3 Å². The quantitative estimate of drug-likeness (QED) is 0.755. The summed E-state index contributed by atoms with van der Waals surface area (Å²) in [5.41, 5.74) is 7.72. The summed E-state index contributed by atoms with van der Waals surface area (Å²) in [5, 5.41) is 3.23. The van der Waals surface area contributed by atoms with Gasteiger partial charge in [0.15, 0.2) is 11.6 Å². The summed E-state index contributed by atoms with van der Waals surface area (Å²) >= 11 is 1.34. The lowest BCUT2D eigenvalue weighted by Crippen LogP contribution is -2.14. The van der Waals surface area contributed by atoms with Gasteiger partial charge in [-0.1, -0.05) is 6.07 Å². The van der Waals surface area contributed by atoms with E-state index in [9.17, 15) is 13.6 Å². The van der Waals surface area contributed by atoms with Crippen molar-refractivity contribution in [1.29, 1.82) is 0 Å². The Balaban J connectivity index is 1.72. The molecule has 122 valence electrons. The molecule has 2 aromatic heterocycles. The molecule has 0 saturated heterocycles. The summed E-state index contributed by atoms with van der Waals surface area (Å²) in [6.07, 6.45) is 3.28. The lowest BCUT2D eigenvalue weighted by molar-refractivity contribution is -0.115. The van der Waals surface area contributed by atoms with Crippen molar-refractivity contribution in [3.63, 3.8) is 0 Å². The summed E-state index contributed by atoms with van der Waals surface area (Å²) in [4.78, 5) is 16.9. The van der Waals surface area contributed by atoms with Gasteiger partial charge in [-0.05, 0) is 41.5 Å². The fourth-order valence-electron chi connectivity index (χ4n) is 2.17. The number of carbonyl (C=O) groups is 1. The number of aromatic nitrogens is 1. The predicted molar refractivity (Wildman–Crippen MR) is 90.7 cm³/mol. The van der Waals surface area contributed by atoms with E-state index in [1.807, 2.05) is 12.1 Å². The summed E-state index contributed by atoms with van der Waals surface area (Å²) < 4.78 is 26.1. The SMILES string of the molecule is Nc1cc(-c2ccncc2)sc1NC(=O)Cc1ccc(F)c(F)c1. The average molecular weight is 345 g/mol. The molecular formula is C17H13F2N3OS. The summed E-state index contributed by atoms with van der Waals surface area (Å²) in [6, 6.07) is 8.84. The largest absolute Gasteiger partial charge is 0.396 e. The topological polar surface area (TPSA) is 68.0 Å². The minimum absolute atomic E-state index is 0.0703. The molecule has 2 heterocycles. The van der Waals surface area contributed by atoms with Crippen molar-refractivity contribution >= 4 is 27.9 Å². The number of carbonyl (C=O) groups excluding carboxylic acids is 1.